The fourth-order valence-corrected chi connectivity index (χ4v) is 2.74. The Labute approximate surface area is 132 Å². The van der Waals surface area contributed by atoms with Crippen LogP contribution in [0.5, 0.6) is 0 Å². The number of nitrogens with zero attached hydrogens (tertiary/aromatic N) is 2. The van der Waals surface area contributed by atoms with Gasteiger partial charge in [0.1, 0.15) is 0 Å². The van der Waals surface area contributed by atoms with Gasteiger partial charge in [0.05, 0.1) is 6.61 Å². The topological polar surface area (TPSA) is 36.9 Å². The van der Waals surface area contributed by atoms with E-state index in [1.54, 1.807) is 11.3 Å². The SMILES string of the molecule is CCNC(=NCCc1ccsc1)N(C)CCOCC1CC1. The molecule has 0 unspecified atom stereocenters. The van der Waals surface area contributed by atoms with Crippen LogP contribution in [0.15, 0.2) is 21.8 Å². The van der Waals surface area contributed by atoms with E-state index in [4.69, 9.17) is 9.73 Å². The molecule has 1 aliphatic rings. The van der Waals surface area contributed by atoms with E-state index in [2.05, 4.69) is 41.0 Å². The molecule has 118 valence electrons. The Kier molecular flexibility index (Phi) is 7.03. The molecular formula is C16H27N3OS. The number of hydrogen-bond donors (Lipinski definition) is 1. The van der Waals surface area contributed by atoms with Crippen molar-refractivity contribution in [1.29, 1.82) is 0 Å². The second-order valence-electron chi connectivity index (χ2n) is 5.56. The Hall–Kier alpha value is -1.07. The van der Waals surface area contributed by atoms with Crippen molar-refractivity contribution in [3.05, 3.63) is 22.4 Å². The van der Waals surface area contributed by atoms with Crippen molar-refractivity contribution in [2.45, 2.75) is 26.2 Å². The summed E-state index contributed by atoms with van der Waals surface area (Å²) in [6.07, 6.45) is 3.70. The van der Waals surface area contributed by atoms with Crippen molar-refractivity contribution in [3.63, 3.8) is 0 Å². The predicted octanol–water partition coefficient (Wildman–Crippen LogP) is 2.61. The first-order valence-electron chi connectivity index (χ1n) is 7.88. The van der Waals surface area contributed by atoms with Crippen LogP contribution in [0.4, 0.5) is 0 Å². The van der Waals surface area contributed by atoms with Gasteiger partial charge in [0.2, 0.25) is 0 Å². The van der Waals surface area contributed by atoms with Crippen molar-refractivity contribution in [2.24, 2.45) is 10.9 Å². The maximum atomic E-state index is 5.70. The summed E-state index contributed by atoms with van der Waals surface area (Å²) in [5.41, 5.74) is 1.37. The average molecular weight is 309 g/mol. The van der Waals surface area contributed by atoms with Crippen molar-refractivity contribution in [1.82, 2.24) is 10.2 Å². The first-order chi connectivity index (χ1) is 10.3. The molecule has 0 atom stereocenters. The van der Waals surface area contributed by atoms with Gasteiger partial charge in [-0.1, -0.05) is 0 Å². The minimum Gasteiger partial charge on any atom is -0.379 e. The van der Waals surface area contributed by atoms with Crippen LogP contribution in [0, 0.1) is 5.92 Å². The zero-order chi connectivity index (χ0) is 14.9. The first-order valence-corrected chi connectivity index (χ1v) is 8.82. The van der Waals surface area contributed by atoms with Crippen LogP contribution >= 0.6 is 11.3 Å². The number of nitrogens with one attached hydrogen (secondary N) is 1. The maximum Gasteiger partial charge on any atom is 0.193 e. The highest BCUT2D eigenvalue weighted by Gasteiger charge is 2.21. The molecule has 1 heterocycles. The summed E-state index contributed by atoms with van der Waals surface area (Å²) in [6, 6.07) is 2.17. The Morgan fingerprint density at radius 2 is 2.38 bits per heavy atom. The van der Waals surface area contributed by atoms with Gasteiger partial charge in [-0.2, -0.15) is 11.3 Å². The lowest BCUT2D eigenvalue weighted by Crippen LogP contribution is -2.40. The number of aliphatic imine (C=N–C) groups is 1. The van der Waals surface area contributed by atoms with Gasteiger partial charge >= 0.3 is 0 Å². The van der Waals surface area contributed by atoms with E-state index in [1.807, 2.05) is 0 Å². The highest BCUT2D eigenvalue weighted by Crippen LogP contribution is 2.28. The Bertz CT molecular complexity index is 415. The smallest absolute Gasteiger partial charge is 0.193 e. The van der Waals surface area contributed by atoms with E-state index in [-0.39, 0.29) is 0 Å². The zero-order valence-corrected chi connectivity index (χ0v) is 14.0. The molecule has 21 heavy (non-hydrogen) atoms. The van der Waals surface area contributed by atoms with Gasteiger partial charge in [-0.3, -0.25) is 4.99 Å². The molecule has 1 aromatic heterocycles. The molecule has 0 amide bonds. The lowest BCUT2D eigenvalue weighted by atomic mass is 10.2. The van der Waals surface area contributed by atoms with Crippen molar-refractivity contribution < 1.29 is 4.74 Å². The number of hydrogen-bond acceptors (Lipinski definition) is 3. The monoisotopic (exact) mass is 309 g/mol. The normalized spacial score (nSPS) is 15.2. The maximum absolute atomic E-state index is 5.70. The van der Waals surface area contributed by atoms with Gasteiger partial charge in [0.15, 0.2) is 5.96 Å². The second-order valence-corrected chi connectivity index (χ2v) is 6.34. The van der Waals surface area contributed by atoms with E-state index >= 15 is 0 Å². The molecule has 0 radical (unpaired) electrons. The van der Waals surface area contributed by atoms with E-state index in [0.717, 1.165) is 51.1 Å². The van der Waals surface area contributed by atoms with Crippen molar-refractivity contribution in [2.75, 3.05) is 39.9 Å². The van der Waals surface area contributed by atoms with E-state index in [1.165, 1.54) is 18.4 Å². The summed E-state index contributed by atoms with van der Waals surface area (Å²) in [5, 5.41) is 7.66. The number of ether oxygens (including phenoxy) is 1. The van der Waals surface area contributed by atoms with Crippen LogP contribution in [-0.2, 0) is 11.2 Å². The Balaban J connectivity index is 1.69. The summed E-state index contributed by atoms with van der Waals surface area (Å²) >= 11 is 1.74. The number of thiophene rings is 1. The minimum atomic E-state index is 0.780. The van der Waals surface area contributed by atoms with E-state index < -0.39 is 0 Å². The number of rotatable bonds is 9. The highest BCUT2D eigenvalue weighted by molar-refractivity contribution is 7.07. The summed E-state index contributed by atoms with van der Waals surface area (Å²) in [5.74, 6) is 1.81. The summed E-state index contributed by atoms with van der Waals surface area (Å²) in [6.45, 7) is 6.42. The third-order valence-corrected chi connectivity index (χ3v) is 4.29. The van der Waals surface area contributed by atoms with Gasteiger partial charge in [-0.25, -0.2) is 0 Å². The molecule has 1 fully saturated rings. The first kappa shape index (κ1) is 16.3. The fraction of sp³-hybridized carbons (Fsp3) is 0.688. The largest absolute Gasteiger partial charge is 0.379 e. The number of guanidine groups is 1. The molecule has 0 aromatic carbocycles. The highest BCUT2D eigenvalue weighted by atomic mass is 32.1. The lowest BCUT2D eigenvalue weighted by Gasteiger charge is -2.22. The molecule has 1 aromatic rings. The predicted molar refractivity (Wildman–Crippen MR) is 90.2 cm³/mol. The van der Waals surface area contributed by atoms with E-state index in [0.29, 0.717) is 0 Å². The quantitative estimate of drug-likeness (QED) is 0.433. The molecular weight excluding hydrogens is 282 g/mol. The van der Waals surface area contributed by atoms with Crippen molar-refractivity contribution in [3.8, 4) is 0 Å². The Morgan fingerprint density at radius 1 is 1.52 bits per heavy atom. The van der Waals surface area contributed by atoms with Gasteiger partial charge < -0.3 is 15.0 Å². The molecule has 1 saturated carbocycles. The van der Waals surface area contributed by atoms with Gasteiger partial charge in [0.25, 0.3) is 0 Å². The van der Waals surface area contributed by atoms with Crippen LogP contribution in [0.25, 0.3) is 0 Å². The van der Waals surface area contributed by atoms with Crippen LogP contribution < -0.4 is 5.32 Å². The van der Waals surface area contributed by atoms with E-state index in [9.17, 15) is 0 Å². The third kappa shape index (κ3) is 6.48. The fourth-order valence-electron chi connectivity index (χ4n) is 2.04. The summed E-state index contributed by atoms with van der Waals surface area (Å²) < 4.78 is 5.70. The summed E-state index contributed by atoms with van der Waals surface area (Å²) in [7, 11) is 2.08. The molecule has 5 heteroatoms. The average Bonchev–Trinajstić information content (AvgIpc) is 3.17. The molecule has 0 aliphatic heterocycles. The van der Waals surface area contributed by atoms with Gasteiger partial charge in [-0.05, 0) is 54.5 Å². The molecule has 0 spiro atoms. The standard InChI is InChI=1S/C16H27N3OS/c1-3-17-16(18-8-6-15-7-11-21-13-15)19(2)9-10-20-12-14-4-5-14/h7,11,13-14H,3-6,8-10,12H2,1-2H3,(H,17,18). The molecule has 1 N–H and O–H groups in total. The summed E-state index contributed by atoms with van der Waals surface area (Å²) in [4.78, 5) is 6.85. The molecule has 4 nitrogen and oxygen atoms in total. The lowest BCUT2D eigenvalue weighted by molar-refractivity contribution is 0.115. The van der Waals surface area contributed by atoms with Crippen LogP contribution in [0.2, 0.25) is 0 Å². The van der Waals surface area contributed by atoms with Gasteiger partial charge in [-0.15, -0.1) is 0 Å². The van der Waals surface area contributed by atoms with Crippen LogP contribution in [-0.4, -0.2) is 50.8 Å². The second kappa shape index (κ2) is 9.05. The number of likely N-dealkylation sites (N-methyl/N-ethyl adjacent to an activating group) is 1. The molecule has 2 rings (SSSR count). The Morgan fingerprint density at radius 3 is 3.05 bits per heavy atom. The molecule has 0 bridgehead atoms. The van der Waals surface area contributed by atoms with Crippen LogP contribution in [0.3, 0.4) is 0 Å². The van der Waals surface area contributed by atoms with Crippen molar-refractivity contribution >= 4 is 17.3 Å². The zero-order valence-electron chi connectivity index (χ0n) is 13.2. The van der Waals surface area contributed by atoms with Crippen LogP contribution in [0.1, 0.15) is 25.3 Å². The molecule has 0 saturated heterocycles. The van der Waals surface area contributed by atoms with Gasteiger partial charge in [0, 0.05) is 33.3 Å². The minimum absolute atomic E-state index is 0.780. The molecule has 1 aliphatic carbocycles. The third-order valence-electron chi connectivity index (χ3n) is 3.56.